The van der Waals surface area contributed by atoms with Crippen LogP contribution in [0.15, 0.2) is 55.0 Å². The van der Waals surface area contributed by atoms with Gasteiger partial charge in [-0.3, -0.25) is 4.79 Å². The summed E-state index contributed by atoms with van der Waals surface area (Å²) in [5.74, 6) is -0.221. The van der Waals surface area contributed by atoms with E-state index >= 15 is 0 Å². The van der Waals surface area contributed by atoms with Gasteiger partial charge in [0.1, 0.15) is 18.1 Å². The molecule has 26 heavy (non-hydrogen) atoms. The maximum atomic E-state index is 12.5. The fraction of sp³-hybridized carbons (Fsp3) is 0.263. The second-order valence-electron chi connectivity index (χ2n) is 6.21. The number of amides is 1. The second kappa shape index (κ2) is 7.05. The van der Waals surface area contributed by atoms with Crippen LogP contribution in [-0.4, -0.2) is 38.3 Å². The van der Waals surface area contributed by atoms with Gasteiger partial charge in [0, 0.05) is 18.5 Å². The summed E-state index contributed by atoms with van der Waals surface area (Å²) in [6.07, 6.45) is 3.62. The quantitative estimate of drug-likeness (QED) is 0.781. The van der Waals surface area contributed by atoms with E-state index in [2.05, 4.69) is 20.4 Å². The smallest absolute Gasteiger partial charge is 0.270 e. The number of hydrogen-bond acceptors (Lipinski definition) is 5. The normalized spacial score (nSPS) is 19.4. The Hall–Kier alpha value is -3.06. The second-order valence-corrected chi connectivity index (χ2v) is 6.21. The predicted molar refractivity (Wildman–Crippen MR) is 94.9 cm³/mol. The Bertz CT molecular complexity index is 909. The van der Waals surface area contributed by atoms with Gasteiger partial charge in [0.05, 0.1) is 17.4 Å². The van der Waals surface area contributed by atoms with Gasteiger partial charge in [-0.15, -0.1) is 0 Å². The molecular weight excluding hydrogens is 330 g/mol. The van der Waals surface area contributed by atoms with Crippen LogP contribution in [0, 0.1) is 6.92 Å². The standard InChI is InChI=1S/C19H19N5O2/c1-13-11-16(21-12-20-13)19(25)23-15-8-10-26-18(15)17-7-9-22-24(17)14-5-3-2-4-6-14/h2-7,9,11-12,15,18H,8,10H2,1H3,(H,23,25)/t15-,18-/m1/s1. The zero-order valence-electron chi connectivity index (χ0n) is 14.4. The number of para-hydroxylation sites is 1. The largest absolute Gasteiger partial charge is 0.370 e. The van der Waals surface area contributed by atoms with Crippen LogP contribution in [0.2, 0.25) is 0 Å². The zero-order chi connectivity index (χ0) is 17.9. The Balaban J connectivity index is 1.56. The van der Waals surface area contributed by atoms with Crippen molar-refractivity contribution in [2.45, 2.75) is 25.5 Å². The summed E-state index contributed by atoms with van der Waals surface area (Å²) >= 11 is 0. The van der Waals surface area contributed by atoms with E-state index in [1.165, 1.54) is 6.33 Å². The van der Waals surface area contributed by atoms with Crippen LogP contribution in [0.4, 0.5) is 0 Å². The van der Waals surface area contributed by atoms with Crippen LogP contribution in [-0.2, 0) is 4.74 Å². The van der Waals surface area contributed by atoms with Gasteiger partial charge >= 0.3 is 0 Å². The van der Waals surface area contributed by atoms with Gasteiger partial charge in [0.25, 0.3) is 5.91 Å². The molecule has 132 valence electrons. The van der Waals surface area contributed by atoms with Crippen LogP contribution in [0.5, 0.6) is 0 Å². The minimum Gasteiger partial charge on any atom is -0.370 e. The van der Waals surface area contributed by atoms with Gasteiger partial charge in [0.2, 0.25) is 0 Å². The third-order valence-corrected chi connectivity index (χ3v) is 4.41. The minimum absolute atomic E-state index is 0.142. The first-order chi connectivity index (χ1) is 12.7. The molecule has 4 rings (SSSR count). The van der Waals surface area contributed by atoms with Gasteiger partial charge in [-0.05, 0) is 37.6 Å². The molecule has 0 bridgehead atoms. The van der Waals surface area contributed by atoms with E-state index in [9.17, 15) is 4.79 Å². The number of carbonyl (C=O) groups is 1. The monoisotopic (exact) mass is 349 g/mol. The molecular formula is C19H19N5O2. The van der Waals surface area contributed by atoms with Crippen molar-refractivity contribution in [1.29, 1.82) is 0 Å². The molecule has 0 unspecified atom stereocenters. The number of benzene rings is 1. The van der Waals surface area contributed by atoms with E-state index in [4.69, 9.17) is 4.74 Å². The predicted octanol–water partition coefficient (Wildman–Crippen LogP) is 2.23. The number of aryl methyl sites for hydroxylation is 1. The molecule has 0 spiro atoms. The number of aromatic nitrogens is 4. The molecule has 2 aromatic heterocycles. The Morgan fingerprint density at radius 3 is 2.88 bits per heavy atom. The third kappa shape index (κ3) is 3.21. The molecule has 0 saturated carbocycles. The van der Waals surface area contributed by atoms with E-state index in [1.807, 2.05) is 48.0 Å². The SMILES string of the molecule is Cc1cc(C(=O)N[C@@H]2CCO[C@H]2c2ccnn2-c2ccccc2)ncn1. The van der Waals surface area contributed by atoms with Gasteiger partial charge < -0.3 is 10.1 Å². The molecule has 3 heterocycles. The van der Waals surface area contributed by atoms with Crippen molar-refractivity contribution < 1.29 is 9.53 Å². The molecule has 1 aliphatic heterocycles. The molecule has 1 aliphatic rings. The molecule has 2 atom stereocenters. The maximum absolute atomic E-state index is 12.5. The van der Waals surface area contributed by atoms with Crippen molar-refractivity contribution in [2.75, 3.05) is 6.61 Å². The molecule has 0 radical (unpaired) electrons. The summed E-state index contributed by atoms with van der Waals surface area (Å²) in [5, 5.41) is 7.46. The van der Waals surface area contributed by atoms with Gasteiger partial charge in [-0.1, -0.05) is 18.2 Å². The van der Waals surface area contributed by atoms with E-state index in [-0.39, 0.29) is 18.1 Å². The number of hydrogen-bond donors (Lipinski definition) is 1. The summed E-state index contributed by atoms with van der Waals surface area (Å²) in [5.41, 5.74) is 2.99. The van der Waals surface area contributed by atoms with Crippen LogP contribution in [0.3, 0.4) is 0 Å². The Kier molecular flexibility index (Phi) is 4.45. The lowest BCUT2D eigenvalue weighted by Crippen LogP contribution is -2.37. The lowest BCUT2D eigenvalue weighted by Gasteiger charge is -2.21. The number of carbonyl (C=O) groups excluding carboxylic acids is 1. The molecule has 7 nitrogen and oxygen atoms in total. The van der Waals surface area contributed by atoms with Gasteiger partial charge in [-0.25, -0.2) is 14.6 Å². The Morgan fingerprint density at radius 1 is 1.23 bits per heavy atom. The number of ether oxygens (including phenoxy) is 1. The molecule has 1 amide bonds. The van der Waals surface area contributed by atoms with E-state index in [0.29, 0.717) is 12.3 Å². The van der Waals surface area contributed by atoms with Crippen molar-refractivity contribution >= 4 is 5.91 Å². The molecule has 7 heteroatoms. The van der Waals surface area contributed by atoms with E-state index in [0.717, 1.165) is 23.5 Å². The lowest BCUT2D eigenvalue weighted by molar-refractivity contribution is 0.0795. The summed E-state index contributed by atoms with van der Waals surface area (Å²) in [7, 11) is 0. The highest BCUT2D eigenvalue weighted by Gasteiger charge is 2.33. The van der Waals surface area contributed by atoms with Crippen LogP contribution in [0.1, 0.15) is 34.4 Å². The molecule has 3 aromatic rings. The van der Waals surface area contributed by atoms with Crippen LogP contribution in [0.25, 0.3) is 5.69 Å². The van der Waals surface area contributed by atoms with Crippen molar-refractivity contribution in [3.63, 3.8) is 0 Å². The fourth-order valence-corrected chi connectivity index (χ4v) is 3.16. The van der Waals surface area contributed by atoms with E-state index in [1.54, 1.807) is 12.3 Å². The van der Waals surface area contributed by atoms with Crippen LogP contribution < -0.4 is 5.32 Å². The average Bonchev–Trinajstić information content (AvgIpc) is 3.31. The lowest BCUT2D eigenvalue weighted by atomic mass is 10.1. The molecule has 0 aliphatic carbocycles. The molecule has 1 saturated heterocycles. The molecule has 1 aromatic carbocycles. The first-order valence-electron chi connectivity index (χ1n) is 8.53. The fourth-order valence-electron chi connectivity index (χ4n) is 3.16. The summed E-state index contributed by atoms with van der Waals surface area (Å²) < 4.78 is 7.78. The van der Waals surface area contributed by atoms with E-state index < -0.39 is 0 Å². The minimum atomic E-state index is -0.260. The maximum Gasteiger partial charge on any atom is 0.270 e. The van der Waals surface area contributed by atoms with Crippen molar-refractivity contribution in [3.05, 3.63) is 72.1 Å². The number of nitrogens with zero attached hydrogens (tertiary/aromatic N) is 4. The molecule has 1 N–H and O–H groups in total. The highest BCUT2D eigenvalue weighted by molar-refractivity contribution is 5.92. The first kappa shape index (κ1) is 16.4. The summed E-state index contributed by atoms with van der Waals surface area (Å²) in [4.78, 5) is 20.6. The number of rotatable bonds is 4. The highest BCUT2D eigenvalue weighted by atomic mass is 16.5. The summed E-state index contributed by atoms with van der Waals surface area (Å²) in [6, 6.07) is 13.3. The highest BCUT2D eigenvalue weighted by Crippen LogP contribution is 2.30. The van der Waals surface area contributed by atoms with Crippen molar-refractivity contribution in [3.8, 4) is 5.69 Å². The zero-order valence-corrected chi connectivity index (χ0v) is 14.4. The average molecular weight is 349 g/mol. The number of nitrogens with one attached hydrogen (secondary N) is 1. The Labute approximate surface area is 151 Å². The van der Waals surface area contributed by atoms with Gasteiger partial charge in [0.15, 0.2) is 0 Å². The topological polar surface area (TPSA) is 81.9 Å². The Morgan fingerprint density at radius 2 is 2.08 bits per heavy atom. The van der Waals surface area contributed by atoms with Crippen molar-refractivity contribution in [2.24, 2.45) is 0 Å². The van der Waals surface area contributed by atoms with Crippen molar-refractivity contribution in [1.82, 2.24) is 25.1 Å². The van der Waals surface area contributed by atoms with Gasteiger partial charge in [-0.2, -0.15) is 5.10 Å². The first-order valence-corrected chi connectivity index (χ1v) is 8.53. The molecule has 1 fully saturated rings. The van der Waals surface area contributed by atoms with Crippen LogP contribution >= 0.6 is 0 Å². The third-order valence-electron chi connectivity index (χ3n) is 4.41. The summed E-state index contributed by atoms with van der Waals surface area (Å²) in [6.45, 7) is 2.41.